The van der Waals surface area contributed by atoms with Gasteiger partial charge in [0, 0.05) is 6.42 Å². The van der Waals surface area contributed by atoms with Crippen LogP contribution in [-0.4, -0.2) is 23.0 Å². The number of amides is 1. The SMILES string of the molecule is C=C(C)C[C@H](NC(=O)CC1CCCC1)C(=O)O. The van der Waals surface area contributed by atoms with Crippen LogP contribution < -0.4 is 5.32 Å². The van der Waals surface area contributed by atoms with E-state index in [-0.39, 0.29) is 5.91 Å². The largest absolute Gasteiger partial charge is 0.480 e. The van der Waals surface area contributed by atoms with E-state index in [4.69, 9.17) is 5.11 Å². The molecule has 1 amide bonds. The van der Waals surface area contributed by atoms with Gasteiger partial charge in [0.15, 0.2) is 0 Å². The van der Waals surface area contributed by atoms with Crippen molar-refractivity contribution >= 4 is 11.9 Å². The fraction of sp³-hybridized carbons (Fsp3) is 0.692. The van der Waals surface area contributed by atoms with Gasteiger partial charge in [-0.2, -0.15) is 0 Å². The Kier molecular flexibility index (Phi) is 5.19. The molecule has 1 rings (SSSR count). The zero-order valence-corrected chi connectivity index (χ0v) is 10.4. The maximum absolute atomic E-state index is 11.7. The molecule has 1 atom stereocenters. The third-order valence-electron chi connectivity index (χ3n) is 3.13. The highest BCUT2D eigenvalue weighted by Gasteiger charge is 2.23. The fourth-order valence-corrected chi connectivity index (χ4v) is 2.28. The van der Waals surface area contributed by atoms with Crippen molar-refractivity contribution in [1.29, 1.82) is 0 Å². The van der Waals surface area contributed by atoms with E-state index < -0.39 is 12.0 Å². The van der Waals surface area contributed by atoms with Gasteiger partial charge in [-0.05, 0) is 32.1 Å². The third kappa shape index (κ3) is 5.02. The summed E-state index contributed by atoms with van der Waals surface area (Å²) in [7, 11) is 0. The Bertz CT molecular complexity index is 306. The van der Waals surface area contributed by atoms with Crippen molar-refractivity contribution in [2.75, 3.05) is 0 Å². The Morgan fingerprint density at radius 1 is 1.41 bits per heavy atom. The minimum atomic E-state index is -0.993. The lowest BCUT2D eigenvalue weighted by Crippen LogP contribution is -2.41. The lowest BCUT2D eigenvalue weighted by atomic mass is 10.0. The van der Waals surface area contributed by atoms with Crippen LogP contribution in [0.2, 0.25) is 0 Å². The molecule has 1 fully saturated rings. The van der Waals surface area contributed by atoms with Crippen LogP contribution in [0, 0.1) is 5.92 Å². The van der Waals surface area contributed by atoms with Gasteiger partial charge in [-0.25, -0.2) is 4.79 Å². The van der Waals surface area contributed by atoms with Crippen molar-refractivity contribution in [2.24, 2.45) is 5.92 Å². The molecule has 0 unspecified atom stereocenters. The van der Waals surface area contributed by atoms with Crippen molar-refractivity contribution < 1.29 is 14.7 Å². The Balaban J connectivity index is 2.40. The van der Waals surface area contributed by atoms with Gasteiger partial charge >= 0.3 is 5.97 Å². The van der Waals surface area contributed by atoms with Gasteiger partial charge in [-0.15, -0.1) is 6.58 Å². The molecule has 96 valence electrons. The summed E-state index contributed by atoms with van der Waals surface area (Å²) < 4.78 is 0. The number of rotatable bonds is 6. The van der Waals surface area contributed by atoms with Crippen molar-refractivity contribution in [3.63, 3.8) is 0 Å². The summed E-state index contributed by atoms with van der Waals surface area (Å²) in [6.45, 7) is 5.44. The summed E-state index contributed by atoms with van der Waals surface area (Å²) in [6.07, 6.45) is 5.31. The van der Waals surface area contributed by atoms with Crippen molar-refractivity contribution in [1.82, 2.24) is 5.32 Å². The number of nitrogens with one attached hydrogen (secondary N) is 1. The van der Waals surface area contributed by atoms with Crippen molar-refractivity contribution in [2.45, 2.75) is 51.5 Å². The third-order valence-corrected chi connectivity index (χ3v) is 3.13. The lowest BCUT2D eigenvalue weighted by Gasteiger charge is -2.16. The first-order chi connectivity index (χ1) is 7.99. The van der Waals surface area contributed by atoms with Gasteiger partial charge in [-0.3, -0.25) is 4.79 Å². The predicted molar refractivity (Wildman–Crippen MR) is 65.6 cm³/mol. The highest BCUT2D eigenvalue weighted by molar-refractivity contribution is 5.83. The number of carboxylic acid groups (broad SMARTS) is 1. The molecule has 1 aliphatic rings. The molecule has 1 aliphatic carbocycles. The number of carboxylic acids is 1. The second-order valence-corrected chi connectivity index (χ2v) is 4.97. The molecule has 0 saturated heterocycles. The zero-order chi connectivity index (χ0) is 12.8. The molecular formula is C13H21NO3. The predicted octanol–water partition coefficient (Wildman–Crippen LogP) is 2.10. The molecule has 0 spiro atoms. The summed E-state index contributed by atoms with van der Waals surface area (Å²) in [5.74, 6) is -0.701. The van der Waals surface area contributed by atoms with Crippen LogP contribution in [0.1, 0.15) is 45.4 Å². The van der Waals surface area contributed by atoms with E-state index >= 15 is 0 Å². The number of hydrogen-bond donors (Lipinski definition) is 2. The van der Waals surface area contributed by atoms with Crippen LogP contribution in [0.3, 0.4) is 0 Å². The van der Waals surface area contributed by atoms with E-state index in [1.807, 2.05) is 0 Å². The number of carbonyl (C=O) groups excluding carboxylic acids is 1. The smallest absolute Gasteiger partial charge is 0.326 e. The van der Waals surface area contributed by atoms with Crippen molar-refractivity contribution in [3.05, 3.63) is 12.2 Å². The fourth-order valence-electron chi connectivity index (χ4n) is 2.28. The van der Waals surface area contributed by atoms with Crippen LogP contribution >= 0.6 is 0 Å². The Morgan fingerprint density at radius 3 is 2.47 bits per heavy atom. The summed E-state index contributed by atoms with van der Waals surface area (Å²) in [4.78, 5) is 22.6. The van der Waals surface area contributed by atoms with Crippen molar-refractivity contribution in [3.8, 4) is 0 Å². The topological polar surface area (TPSA) is 66.4 Å². The van der Waals surface area contributed by atoms with E-state index in [9.17, 15) is 9.59 Å². The highest BCUT2D eigenvalue weighted by atomic mass is 16.4. The zero-order valence-electron chi connectivity index (χ0n) is 10.4. The molecule has 0 aliphatic heterocycles. The summed E-state index contributed by atoms with van der Waals surface area (Å²) >= 11 is 0. The first kappa shape index (κ1) is 13.7. The molecule has 0 aromatic carbocycles. The van der Waals surface area contributed by atoms with Gasteiger partial charge in [0.1, 0.15) is 6.04 Å². The molecule has 0 heterocycles. The molecule has 4 heteroatoms. The number of carbonyl (C=O) groups is 2. The molecule has 0 aromatic rings. The average molecular weight is 239 g/mol. The summed E-state index contributed by atoms with van der Waals surface area (Å²) in [5, 5.41) is 11.6. The minimum Gasteiger partial charge on any atom is -0.480 e. The lowest BCUT2D eigenvalue weighted by molar-refractivity contribution is -0.141. The standard InChI is InChI=1S/C13H21NO3/c1-9(2)7-11(13(16)17)14-12(15)8-10-5-3-4-6-10/h10-11H,1,3-8H2,2H3,(H,14,15)(H,16,17)/t11-/m0/s1. The molecule has 1 saturated carbocycles. The molecule has 4 nitrogen and oxygen atoms in total. The van der Waals surface area contributed by atoms with Gasteiger partial charge in [0.25, 0.3) is 0 Å². The quantitative estimate of drug-likeness (QED) is 0.697. The van der Waals surface area contributed by atoms with E-state index in [0.717, 1.165) is 18.4 Å². The number of aliphatic carboxylic acids is 1. The average Bonchev–Trinajstić information content (AvgIpc) is 2.68. The first-order valence-electron chi connectivity index (χ1n) is 6.15. The van der Waals surface area contributed by atoms with Gasteiger partial charge in [0.2, 0.25) is 5.91 Å². The molecule has 2 N–H and O–H groups in total. The summed E-state index contributed by atoms with van der Waals surface area (Å²) in [6, 6.07) is -0.832. The highest BCUT2D eigenvalue weighted by Crippen LogP contribution is 2.27. The van der Waals surface area contributed by atoms with E-state index in [2.05, 4.69) is 11.9 Å². The number of hydrogen-bond acceptors (Lipinski definition) is 2. The Labute approximate surface area is 102 Å². The normalized spacial score (nSPS) is 17.7. The maximum Gasteiger partial charge on any atom is 0.326 e. The maximum atomic E-state index is 11.7. The van der Waals surface area contributed by atoms with Crippen LogP contribution in [0.5, 0.6) is 0 Å². The second-order valence-electron chi connectivity index (χ2n) is 4.97. The molecular weight excluding hydrogens is 218 g/mol. The monoisotopic (exact) mass is 239 g/mol. The van der Waals surface area contributed by atoms with E-state index in [1.54, 1.807) is 6.92 Å². The second kappa shape index (κ2) is 6.42. The first-order valence-corrected chi connectivity index (χ1v) is 6.15. The molecule has 0 bridgehead atoms. The van der Waals surface area contributed by atoms with E-state index in [1.165, 1.54) is 12.8 Å². The van der Waals surface area contributed by atoms with Crippen LogP contribution in [0.25, 0.3) is 0 Å². The molecule has 0 radical (unpaired) electrons. The Hall–Kier alpha value is -1.32. The van der Waals surface area contributed by atoms with Gasteiger partial charge in [-0.1, -0.05) is 18.4 Å². The van der Waals surface area contributed by atoms with Crippen LogP contribution in [0.15, 0.2) is 12.2 Å². The van der Waals surface area contributed by atoms with Crippen LogP contribution in [0.4, 0.5) is 0 Å². The Morgan fingerprint density at radius 2 is 2.00 bits per heavy atom. The molecule has 17 heavy (non-hydrogen) atoms. The van der Waals surface area contributed by atoms with Gasteiger partial charge < -0.3 is 10.4 Å². The molecule has 0 aromatic heterocycles. The van der Waals surface area contributed by atoms with Gasteiger partial charge in [0.05, 0.1) is 0 Å². The summed E-state index contributed by atoms with van der Waals surface area (Å²) in [5.41, 5.74) is 0.763. The van der Waals surface area contributed by atoms with Crippen LogP contribution in [-0.2, 0) is 9.59 Å². The van der Waals surface area contributed by atoms with E-state index in [0.29, 0.717) is 18.8 Å². The minimum absolute atomic E-state index is 0.148.